The maximum absolute atomic E-state index is 13.2. The molecule has 1 atom stereocenters. The van der Waals surface area contributed by atoms with Crippen molar-refractivity contribution in [2.45, 2.75) is 38.1 Å². The van der Waals surface area contributed by atoms with Crippen molar-refractivity contribution in [1.82, 2.24) is 4.90 Å². The minimum atomic E-state index is -5.13. The zero-order chi connectivity index (χ0) is 26.5. The van der Waals surface area contributed by atoms with Crippen LogP contribution in [0.1, 0.15) is 39.5 Å². The van der Waals surface area contributed by atoms with Crippen LogP contribution in [0.25, 0.3) is 0 Å². The molecule has 0 aromatic heterocycles. The van der Waals surface area contributed by atoms with E-state index >= 15 is 0 Å². The number of nitro groups is 1. The van der Waals surface area contributed by atoms with Crippen molar-refractivity contribution in [3.05, 3.63) is 73.8 Å². The van der Waals surface area contributed by atoms with Crippen LogP contribution in [0.3, 0.4) is 0 Å². The Morgan fingerprint density at radius 3 is 1.86 bits per heavy atom. The molecule has 1 aliphatic rings. The lowest BCUT2D eigenvalue weighted by Gasteiger charge is -2.18. The van der Waals surface area contributed by atoms with Gasteiger partial charge in [-0.25, -0.2) is 4.79 Å². The number of rotatable bonds is 4. The Bertz CT molecular complexity index is 1140. The molecule has 15 heteroatoms. The predicted molar refractivity (Wildman–Crippen MR) is 98.9 cm³/mol. The summed E-state index contributed by atoms with van der Waals surface area (Å²) in [6.45, 7) is -0.245. The molecule has 2 aromatic carbocycles. The number of hydrogen-bond donors (Lipinski definition) is 0. The lowest BCUT2D eigenvalue weighted by Crippen LogP contribution is -2.24. The molecule has 1 fully saturated rings. The molecule has 190 valence electrons. The second-order valence-corrected chi connectivity index (χ2v) is 7.63. The van der Waals surface area contributed by atoms with Crippen LogP contribution in [-0.2, 0) is 29.8 Å². The summed E-state index contributed by atoms with van der Waals surface area (Å²) >= 11 is 0. The minimum Gasteiger partial charge on any atom is -0.439 e. The molecule has 35 heavy (non-hydrogen) atoms. The van der Waals surface area contributed by atoms with Gasteiger partial charge in [-0.3, -0.25) is 15.0 Å². The van der Waals surface area contributed by atoms with Crippen LogP contribution in [-0.4, -0.2) is 22.5 Å². The second kappa shape index (κ2) is 8.61. The summed E-state index contributed by atoms with van der Waals surface area (Å²) in [6.07, 6.45) is -18.0. The van der Waals surface area contributed by atoms with Crippen LogP contribution in [0.5, 0.6) is 0 Å². The van der Waals surface area contributed by atoms with Crippen molar-refractivity contribution in [2.75, 3.05) is 6.54 Å². The fourth-order valence-corrected chi connectivity index (χ4v) is 3.54. The smallest absolute Gasteiger partial charge is 0.416 e. The maximum atomic E-state index is 13.2. The van der Waals surface area contributed by atoms with Crippen LogP contribution in [0.15, 0.2) is 30.3 Å². The molecule has 0 N–H and O–H groups in total. The lowest BCUT2D eigenvalue weighted by molar-refractivity contribution is -0.385. The van der Waals surface area contributed by atoms with E-state index in [4.69, 9.17) is 4.74 Å². The number of ether oxygens (including phenoxy) is 1. The first kappa shape index (κ1) is 26.1. The van der Waals surface area contributed by atoms with Crippen LogP contribution >= 0.6 is 0 Å². The largest absolute Gasteiger partial charge is 0.439 e. The van der Waals surface area contributed by atoms with Gasteiger partial charge in [0, 0.05) is 23.7 Å². The quantitative estimate of drug-likeness (QED) is 0.259. The van der Waals surface area contributed by atoms with Gasteiger partial charge in [-0.05, 0) is 36.8 Å². The molecule has 0 saturated carbocycles. The number of halogens is 9. The van der Waals surface area contributed by atoms with Gasteiger partial charge in [0.05, 0.1) is 28.2 Å². The Balaban J connectivity index is 1.96. The molecular formula is C20H13F9N2O4. The van der Waals surface area contributed by atoms with E-state index < -0.39 is 76.7 Å². The van der Waals surface area contributed by atoms with Crippen molar-refractivity contribution in [3.63, 3.8) is 0 Å². The molecule has 0 aliphatic carbocycles. The Morgan fingerprint density at radius 2 is 1.40 bits per heavy atom. The van der Waals surface area contributed by atoms with Crippen LogP contribution < -0.4 is 0 Å². The van der Waals surface area contributed by atoms with Crippen molar-refractivity contribution in [1.29, 1.82) is 0 Å². The SMILES string of the molecule is Cc1c([C@@H]2CN(Cc3cc(C(F)(F)F)cc(C(F)(F)F)c3)C(=O)O2)cc(C(F)(F)F)cc1[N+](=O)[O-]. The predicted octanol–water partition coefficient (Wildman–Crippen LogP) is 6.65. The van der Waals surface area contributed by atoms with E-state index in [1.165, 1.54) is 0 Å². The zero-order valence-electron chi connectivity index (χ0n) is 17.3. The van der Waals surface area contributed by atoms with Gasteiger partial charge < -0.3 is 4.74 Å². The van der Waals surface area contributed by atoms with Crippen molar-refractivity contribution >= 4 is 11.8 Å². The van der Waals surface area contributed by atoms with E-state index in [1.807, 2.05) is 0 Å². The second-order valence-electron chi connectivity index (χ2n) is 7.63. The monoisotopic (exact) mass is 516 g/mol. The van der Waals surface area contributed by atoms with Gasteiger partial charge >= 0.3 is 24.6 Å². The van der Waals surface area contributed by atoms with Gasteiger partial charge in [-0.15, -0.1) is 0 Å². The highest BCUT2D eigenvalue weighted by atomic mass is 19.4. The third kappa shape index (κ3) is 5.59. The van der Waals surface area contributed by atoms with Crippen LogP contribution in [0, 0.1) is 17.0 Å². The number of nitrogens with zero attached hydrogens (tertiary/aromatic N) is 2. The highest BCUT2D eigenvalue weighted by molar-refractivity contribution is 5.70. The van der Waals surface area contributed by atoms with Gasteiger partial charge in [0.25, 0.3) is 5.69 Å². The van der Waals surface area contributed by atoms with Crippen molar-refractivity contribution < 1.29 is 54.0 Å². The van der Waals surface area contributed by atoms with Gasteiger partial charge in [-0.2, -0.15) is 39.5 Å². The molecule has 0 spiro atoms. The zero-order valence-corrected chi connectivity index (χ0v) is 17.3. The molecular weight excluding hydrogens is 503 g/mol. The molecule has 1 saturated heterocycles. The fourth-order valence-electron chi connectivity index (χ4n) is 3.54. The van der Waals surface area contributed by atoms with E-state index in [2.05, 4.69) is 0 Å². The molecule has 2 aromatic rings. The summed E-state index contributed by atoms with van der Waals surface area (Å²) in [5, 5.41) is 11.2. The van der Waals surface area contributed by atoms with Crippen LogP contribution in [0.4, 0.5) is 50.0 Å². The summed E-state index contributed by atoms with van der Waals surface area (Å²) in [7, 11) is 0. The summed E-state index contributed by atoms with van der Waals surface area (Å²) in [6, 6.07) is 1.54. The summed E-state index contributed by atoms with van der Waals surface area (Å²) < 4.78 is 123. The average molecular weight is 516 g/mol. The lowest BCUT2D eigenvalue weighted by atomic mass is 9.98. The number of hydrogen-bond acceptors (Lipinski definition) is 4. The first-order chi connectivity index (χ1) is 15.9. The molecule has 0 radical (unpaired) electrons. The van der Waals surface area contributed by atoms with E-state index in [0.29, 0.717) is 29.2 Å². The van der Waals surface area contributed by atoms with Crippen molar-refractivity contribution in [2.24, 2.45) is 0 Å². The van der Waals surface area contributed by atoms with E-state index in [1.54, 1.807) is 0 Å². The molecule has 1 aliphatic heterocycles. The first-order valence-electron chi connectivity index (χ1n) is 9.48. The highest BCUT2D eigenvalue weighted by Crippen LogP contribution is 2.40. The Hall–Kier alpha value is -3.52. The highest BCUT2D eigenvalue weighted by Gasteiger charge is 2.40. The van der Waals surface area contributed by atoms with E-state index in [-0.39, 0.29) is 17.2 Å². The van der Waals surface area contributed by atoms with E-state index in [9.17, 15) is 54.4 Å². The summed E-state index contributed by atoms with van der Waals surface area (Å²) in [5.41, 5.74) is -6.71. The number of alkyl halides is 9. The number of nitro benzene ring substituents is 1. The fraction of sp³-hybridized carbons (Fsp3) is 0.350. The minimum absolute atomic E-state index is 0.0975. The summed E-state index contributed by atoms with van der Waals surface area (Å²) in [4.78, 5) is 23.1. The third-order valence-electron chi connectivity index (χ3n) is 5.20. The van der Waals surface area contributed by atoms with Crippen molar-refractivity contribution in [3.8, 4) is 0 Å². The number of carbonyl (C=O) groups is 1. The molecule has 3 rings (SSSR count). The Morgan fingerprint density at radius 1 is 0.914 bits per heavy atom. The average Bonchev–Trinajstić information content (AvgIpc) is 3.05. The van der Waals surface area contributed by atoms with Gasteiger partial charge in [0.1, 0.15) is 6.10 Å². The normalized spacial score (nSPS) is 17.0. The summed E-state index contributed by atoms with van der Waals surface area (Å²) in [5.74, 6) is 0. The Labute approximate surface area is 190 Å². The number of benzene rings is 2. The maximum Gasteiger partial charge on any atom is 0.416 e. The molecule has 1 amide bonds. The Kier molecular flexibility index (Phi) is 6.42. The molecule has 6 nitrogen and oxygen atoms in total. The molecule has 0 bridgehead atoms. The number of carbonyl (C=O) groups excluding carboxylic acids is 1. The third-order valence-corrected chi connectivity index (χ3v) is 5.20. The van der Waals surface area contributed by atoms with Gasteiger partial charge in [-0.1, -0.05) is 0 Å². The number of cyclic esters (lactones) is 1. The van der Waals surface area contributed by atoms with Gasteiger partial charge in [0.15, 0.2) is 0 Å². The first-order valence-corrected chi connectivity index (χ1v) is 9.48. The topological polar surface area (TPSA) is 72.7 Å². The van der Waals surface area contributed by atoms with E-state index in [0.717, 1.165) is 6.92 Å². The standard InChI is InChI=1S/C20H13F9N2O4/c1-9-14(5-13(20(27,28)29)6-15(9)31(33)34)16-8-30(17(32)35-16)7-10-2-11(18(21,22)23)4-12(3-10)19(24,25)26/h2-6,16H,7-8H2,1H3/t16-/m0/s1. The number of amides is 1. The van der Waals surface area contributed by atoms with Gasteiger partial charge in [0.2, 0.25) is 0 Å². The van der Waals surface area contributed by atoms with Crippen LogP contribution in [0.2, 0.25) is 0 Å². The molecule has 1 heterocycles. The molecule has 0 unspecified atom stereocenters.